The van der Waals surface area contributed by atoms with E-state index in [-0.39, 0.29) is 0 Å². The summed E-state index contributed by atoms with van der Waals surface area (Å²) in [7, 11) is 0. The smallest absolute Gasteiger partial charge is 0.138 e. The van der Waals surface area contributed by atoms with Gasteiger partial charge in [-0.2, -0.15) is 0 Å². The molecular formula is C7H4N2O. The summed E-state index contributed by atoms with van der Waals surface area (Å²) in [5.74, 6) is 0. The van der Waals surface area contributed by atoms with Gasteiger partial charge in [-0.15, -0.1) is 0 Å². The van der Waals surface area contributed by atoms with E-state index < -0.39 is 0 Å². The maximum Gasteiger partial charge on any atom is 0.138 e. The highest BCUT2D eigenvalue weighted by atomic mass is 16.6. The molecule has 0 atom stereocenters. The zero-order chi connectivity index (χ0) is 6.97. The molecule has 3 nitrogen and oxygen atoms in total. The predicted octanol–water partition coefficient (Wildman–Crippen LogP) is 1.28. The minimum absolute atomic E-state index is 0.596. The molecule has 0 saturated heterocycles. The van der Waals surface area contributed by atoms with E-state index in [0.29, 0.717) is 16.6 Å². The summed E-state index contributed by atoms with van der Waals surface area (Å²) < 4.78 is 4.47. The highest BCUT2D eigenvalue weighted by Gasteiger charge is 1.99. The van der Waals surface area contributed by atoms with Gasteiger partial charge in [0.1, 0.15) is 11.0 Å². The Kier molecular flexibility index (Phi) is 0.974. The van der Waals surface area contributed by atoms with Gasteiger partial charge in [0.25, 0.3) is 0 Å². The maximum absolute atomic E-state index is 5.54. The molecule has 48 valence electrons. The molecule has 0 bridgehead atoms. The predicted molar refractivity (Wildman–Crippen MR) is 35.2 cm³/mol. The standard InChI is InChI=1S/C7H4N2O/c1-5-3-2-4-6-7(5)9-10-8-6/h1-4H. The van der Waals surface area contributed by atoms with Crippen molar-refractivity contribution in [3.05, 3.63) is 30.7 Å². The van der Waals surface area contributed by atoms with Crippen LogP contribution < -0.4 is 0 Å². The van der Waals surface area contributed by atoms with Crippen molar-refractivity contribution in [2.24, 2.45) is 0 Å². The molecule has 3 heteroatoms. The van der Waals surface area contributed by atoms with Gasteiger partial charge in [-0.05, 0) is 21.9 Å². The molecule has 0 unspecified atom stereocenters. The second-order valence-corrected chi connectivity index (χ2v) is 1.98. The van der Waals surface area contributed by atoms with Gasteiger partial charge in [-0.1, -0.05) is 12.1 Å². The molecule has 0 spiro atoms. The van der Waals surface area contributed by atoms with Crippen molar-refractivity contribution in [1.82, 2.24) is 10.3 Å². The topological polar surface area (TPSA) is 38.9 Å². The van der Waals surface area contributed by atoms with Crippen molar-refractivity contribution in [3.8, 4) is 0 Å². The summed E-state index contributed by atoms with van der Waals surface area (Å²) in [6, 6.07) is 5.36. The lowest BCUT2D eigenvalue weighted by atomic mass is 10.2. The van der Waals surface area contributed by atoms with Crippen LogP contribution in [-0.4, -0.2) is 10.3 Å². The van der Waals surface area contributed by atoms with Gasteiger partial charge in [-0.3, -0.25) is 0 Å². The lowest BCUT2D eigenvalue weighted by molar-refractivity contribution is 0.315. The van der Waals surface area contributed by atoms with Gasteiger partial charge in [0.15, 0.2) is 0 Å². The highest BCUT2D eigenvalue weighted by Crippen LogP contribution is 2.11. The van der Waals surface area contributed by atoms with Crippen molar-refractivity contribution in [1.29, 1.82) is 0 Å². The third kappa shape index (κ3) is 0.603. The van der Waals surface area contributed by atoms with Crippen LogP contribution in [0.25, 0.3) is 11.0 Å². The second-order valence-electron chi connectivity index (χ2n) is 1.98. The lowest BCUT2D eigenvalue weighted by Gasteiger charge is -1.86. The minimum Gasteiger partial charge on any atom is -0.243 e. The summed E-state index contributed by atoms with van der Waals surface area (Å²) in [4.78, 5) is 0. The van der Waals surface area contributed by atoms with Gasteiger partial charge in [-0.25, -0.2) is 4.63 Å². The van der Waals surface area contributed by atoms with Gasteiger partial charge >= 0.3 is 0 Å². The molecule has 0 saturated carbocycles. The van der Waals surface area contributed by atoms with E-state index in [1.54, 1.807) is 12.1 Å². The molecule has 2 radical (unpaired) electrons. The SMILES string of the molecule is [CH]c1cccc2nonc12. The van der Waals surface area contributed by atoms with Crippen molar-refractivity contribution in [3.63, 3.8) is 0 Å². The summed E-state index contributed by atoms with van der Waals surface area (Å²) in [6.07, 6.45) is 0. The number of benzene rings is 1. The van der Waals surface area contributed by atoms with E-state index in [0.717, 1.165) is 0 Å². The van der Waals surface area contributed by atoms with Crippen LogP contribution in [0.4, 0.5) is 0 Å². The number of hydrogen-bond acceptors (Lipinski definition) is 3. The van der Waals surface area contributed by atoms with Crippen molar-refractivity contribution < 1.29 is 4.63 Å². The van der Waals surface area contributed by atoms with E-state index in [1.165, 1.54) is 0 Å². The molecule has 1 aromatic carbocycles. The summed E-state index contributed by atoms with van der Waals surface area (Å²) in [5.41, 5.74) is 1.92. The van der Waals surface area contributed by atoms with E-state index in [1.807, 2.05) is 6.07 Å². The second kappa shape index (κ2) is 1.80. The number of aromatic nitrogens is 2. The van der Waals surface area contributed by atoms with Crippen LogP contribution >= 0.6 is 0 Å². The molecule has 10 heavy (non-hydrogen) atoms. The fraction of sp³-hybridized carbons (Fsp3) is 0. The van der Waals surface area contributed by atoms with Crippen molar-refractivity contribution in [2.45, 2.75) is 0 Å². The van der Waals surface area contributed by atoms with Gasteiger partial charge in [0.2, 0.25) is 0 Å². The molecule has 1 aromatic heterocycles. The maximum atomic E-state index is 5.54. The van der Waals surface area contributed by atoms with Crippen LogP contribution in [0.5, 0.6) is 0 Å². The number of hydrogen-bond donors (Lipinski definition) is 0. The van der Waals surface area contributed by atoms with Crippen LogP contribution in [0.1, 0.15) is 5.56 Å². The molecular weight excluding hydrogens is 128 g/mol. The summed E-state index contributed by atoms with van der Waals surface area (Å²) in [5, 5.41) is 7.22. The van der Waals surface area contributed by atoms with Crippen LogP contribution in [0.15, 0.2) is 22.8 Å². The Labute approximate surface area is 57.6 Å². The quantitative estimate of drug-likeness (QED) is 0.542. The first kappa shape index (κ1) is 5.41. The van der Waals surface area contributed by atoms with Gasteiger partial charge in [0.05, 0.1) is 0 Å². The Morgan fingerprint density at radius 2 is 2.20 bits per heavy atom. The van der Waals surface area contributed by atoms with Gasteiger partial charge in [0, 0.05) is 6.92 Å². The zero-order valence-corrected chi connectivity index (χ0v) is 5.11. The highest BCUT2D eigenvalue weighted by molar-refractivity contribution is 5.77. The van der Waals surface area contributed by atoms with Crippen LogP contribution in [-0.2, 0) is 0 Å². The average Bonchev–Trinajstić information content (AvgIpc) is 2.36. The van der Waals surface area contributed by atoms with Crippen molar-refractivity contribution >= 4 is 11.0 Å². The van der Waals surface area contributed by atoms with Crippen LogP contribution in [0, 0.1) is 6.92 Å². The number of nitrogens with zero attached hydrogens (tertiary/aromatic N) is 2. The molecule has 0 aliphatic rings. The monoisotopic (exact) mass is 132 g/mol. The third-order valence-corrected chi connectivity index (χ3v) is 1.32. The Hall–Kier alpha value is -1.38. The molecule has 0 aliphatic carbocycles. The third-order valence-electron chi connectivity index (χ3n) is 1.32. The van der Waals surface area contributed by atoms with E-state index in [4.69, 9.17) is 6.92 Å². The van der Waals surface area contributed by atoms with Crippen molar-refractivity contribution in [2.75, 3.05) is 0 Å². The molecule has 0 fully saturated rings. The first-order valence-electron chi connectivity index (χ1n) is 2.85. The Morgan fingerprint density at radius 3 is 3.00 bits per heavy atom. The summed E-state index contributed by atoms with van der Waals surface area (Å²) >= 11 is 0. The van der Waals surface area contributed by atoms with E-state index in [2.05, 4.69) is 14.9 Å². The van der Waals surface area contributed by atoms with E-state index >= 15 is 0 Å². The number of fused-ring (bicyclic) bond motifs is 1. The lowest BCUT2D eigenvalue weighted by Crippen LogP contribution is -1.73. The zero-order valence-electron chi connectivity index (χ0n) is 5.11. The average molecular weight is 132 g/mol. The van der Waals surface area contributed by atoms with Crippen LogP contribution in [0.3, 0.4) is 0 Å². The molecule has 2 rings (SSSR count). The fourth-order valence-corrected chi connectivity index (χ4v) is 0.827. The van der Waals surface area contributed by atoms with E-state index in [9.17, 15) is 0 Å². The molecule has 0 aliphatic heterocycles. The molecule has 0 amide bonds. The first-order valence-corrected chi connectivity index (χ1v) is 2.85. The fourth-order valence-electron chi connectivity index (χ4n) is 0.827. The Morgan fingerprint density at radius 1 is 1.30 bits per heavy atom. The Bertz CT molecular complexity index is 353. The molecule has 1 heterocycles. The molecule has 0 N–H and O–H groups in total. The minimum atomic E-state index is 0.596. The molecule has 2 aromatic rings. The normalized spacial score (nSPS) is 10.5. The van der Waals surface area contributed by atoms with Crippen LogP contribution in [0.2, 0.25) is 0 Å². The summed E-state index contributed by atoms with van der Waals surface area (Å²) in [6.45, 7) is 5.54. The Balaban J connectivity index is 2.95. The number of rotatable bonds is 0. The largest absolute Gasteiger partial charge is 0.243 e. The van der Waals surface area contributed by atoms with Gasteiger partial charge < -0.3 is 0 Å². The first-order chi connectivity index (χ1) is 4.88.